The third kappa shape index (κ3) is 3.97. The predicted molar refractivity (Wildman–Crippen MR) is 202 cm³/mol. The molecule has 3 unspecified atom stereocenters. The van der Waals surface area contributed by atoms with Crippen LogP contribution in [0.2, 0.25) is 0 Å². The largest absolute Gasteiger partial charge is 0.359 e. The van der Waals surface area contributed by atoms with Crippen molar-refractivity contribution in [2.24, 2.45) is 11.8 Å². The van der Waals surface area contributed by atoms with E-state index < -0.39 is 0 Å². The van der Waals surface area contributed by atoms with Crippen LogP contribution in [0.25, 0.3) is 36.9 Å². The van der Waals surface area contributed by atoms with Crippen LogP contribution in [0.5, 0.6) is 0 Å². The lowest BCUT2D eigenvalue weighted by atomic mass is 9.60. The second-order valence-corrected chi connectivity index (χ2v) is 15.5. The van der Waals surface area contributed by atoms with E-state index in [-0.39, 0.29) is 5.41 Å². The molecule has 3 aliphatic carbocycles. The van der Waals surface area contributed by atoms with E-state index in [0.29, 0.717) is 11.8 Å². The van der Waals surface area contributed by atoms with Crippen LogP contribution < -0.4 is 5.32 Å². The fraction of sp³-hybridized carbons (Fsp3) is 0.136. The Morgan fingerprint density at radius 3 is 2.40 bits per heavy atom. The van der Waals surface area contributed by atoms with Crippen LogP contribution >= 0.6 is 23.1 Å². The van der Waals surface area contributed by atoms with E-state index in [4.69, 9.17) is 0 Å². The number of thiophene rings is 1. The summed E-state index contributed by atoms with van der Waals surface area (Å²) in [6, 6.07) is 43.0. The number of anilines is 1. The third-order valence-corrected chi connectivity index (χ3v) is 13.2. The number of nitrogens with one attached hydrogen (secondary N) is 1. The Labute approximate surface area is 284 Å². The van der Waals surface area contributed by atoms with E-state index in [2.05, 4.69) is 152 Å². The maximum absolute atomic E-state index is 3.86. The fourth-order valence-electron chi connectivity index (χ4n) is 8.87. The van der Waals surface area contributed by atoms with Crippen molar-refractivity contribution in [1.29, 1.82) is 0 Å². The quantitative estimate of drug-likeness (QED) is 0.207. The van der Waals surface area contributed by atoms with Crippen LogP contribution in [-0.4, -0.2) is 0 Å². The number of hydrogen-bond acceptors (Lipinski definition) is 3. The topological polar surface area (TPSA) is 12.0 Å². The van der Waals surface area contributed by atoms with Gasteiger partial charge >= 0.3 is 0 Å². The monoisotopic (exact) mass is 639 g/mol. The van der Waals surface area contributed by atoms with Crippen molar-refractivity contribution in [3.63, 3.8) is 0 Å². The molecule has 47 heavy (non-hydrogen) atoms. The SMILES string of the molecule is CC1CC=CC2=C1c1ccccc1C21c2ccccc2SC2=CC=C(Nc3ccc(-c4cccc5sc6ccccc6c45)cc3)CC21. The molecule has 0 bridgehead atoms. The fourth-order valence-corrected chi connectivity index (χ4v) is 11.3. The standard InChI is InChI=1S/C44H33NS2/c1-27-10-8-16-36-42(27)32-11-2-4-14-34(32)44(36)35-15-5-7-18-39(35)47-40-25-24-30(26-37(40)44)45-29-22-20-28(21-23-29)31-13-9-19-41-43(31)33-12-3-6-17-38(33)46-41/h2-9,11-25,27,37,45H,10,26H2,1H3. The number of benzene rings is 5. The molecule has 1 aromatic heterocycles. The smallest absolute Gasteiger partial charge is 0.0548 e. The summed E-state index contributed by atoms with van der Waals surface area (Å²) in [5.74, 6) is 0.833. The molecule has 5 aromatic carbocycles. The molecule has 1 nitrogen and oxygen atoms in total. The van der Waals surface area contributed by atoms with Crippen LogP contribution in [0.4, 0.5) is 5.69 Å². The van der Waals surface area contributed by atoms with Crippen molar-refractivity contribution in [2.75, 3.05) is 5.32 Å². The second kappa shape index (κ2) is 10.5. The molecule has 2 heterocycles. The summed E-state index contributed by atoms with van der Waals surface area (Å²) in [4.78, 5) is 2.86. The Kier molecular flexibility index (Phi) is 6.13. The molecule has 0 radical (unpaired) electrons. The van der Waals surface area contributed by atoms with Gasteiger partial charge in [-0.15, -0.1) is 11.3 Å². The molecule has 0 fully saturated rings. The average molecular weight is 640 g/mol. The van der Waals surface area contributed by atoms with Crippen molar-refractivity contribution in [2.45, 2.75) is 30.1 Å². The first-order valence-corrected chi connectivity index (χ1v) is 18.3. The molecule has 6 aromatic rings. The Morgan fingerprint density at radius 2 is 1.49 bits per heavy atom. The van der Waals surface area contributed by atoms with Crippen LogP contribution in [0, 0.1) is 11.8 Å². The minimum absolute atomic E-state index is 0.197. The number of hydrogen-bond donors (Lipinski definition) is 1. The summed E-state index contributed by atoms with van der Waals surface area (Å²) in [6.45, 7) is 2.41. The van der Waals surface area contributed by atoms with E-state index in [0.717, 1.165) is 18.5 Å². The molecule has 1 N–H and O–H groups in total. The van der Waals surface area contributed by atoms with Gasteiger partial charge in [0, 0.05) is 42.4 Å². The zero-order valence-electron chi connectivity index (χ0n) is 26.2. The average Bonchev–Trinajstić information content (AvgIpc) is 3.64. The Morgan fingerprint density at radius 1 is 0.723 bits per heavy atom. The Bertz CT molecular complexity index is 2380. The second-order valence-electron chi connectivity index (χ2n) is 13.3. The molecular weight excluding hydrogens is 607 g/mol. The highest BCUT2D eigenvalue weighted by molar-refractivity contribution is 8.03. The normalized spacial score (nSPS) is 22.5. The highest BCUT2D eigenvalue weighted by atomic mass is 32.2. The van der Waals surface area contributed by atoms with Gasteiger partial charge in [0.2, 0.25) is 0 Å². The predicted octanol–water partition coefficient (Wildman–Crippen LogP) is 12.4. The molecule has 226 valence electrons. The van der Waals surface area contributed by atoms with Gasteiger partial charge in [-0.1, -0.05) is 122 Å². The van der Waals surface area contributed by atoms with Gasteiger partial charge in [-0.2, -0.15) is 0 Å². The molecule has 3 atom stereocenters. The first-order chi connectivity index (χ1) is 23.2. The molecular formula is C44H33NS2. The number of fused-ring (bicyclic) bond motifs is 11. The first kappa shape index (κ1) is 27.5. The molecule has 10 rings (SSSR count). The highest BCUT2D eigenvalue weighted by Gasteiger charge is 2.56. The summed E-state index contributed by atoms with van der Waals surface area (Å²) >= 11 is 3.85. The van der Waals surface area contributed by atoms with Crippen LogP contribution in [0.3, 0.4) is 0 Å². The zero-order chi connectivity index (χ0) is 31.1. The van der Waals surface area contributed by atoms with Gasteiger partial charge in [-0.3, -0.25) is 0 Å². The van der Waals surface area contributed by atoms with Crippen molar-refractivity contribution >= 4 is 54.5 Å². The number of thioether (sulfide) groups is 1. The van der Waals surface area contributed by atoms with Crippen molar-refractivity contribution in [1.82, 2.24) is 0 Å². The molecule has 0 saturated heterocycles. The molecule has 0 amide bonds. The van der Waals surface area contributed by atoms with Crippen molar-refractivity contribution in [3.05, 3.63) is 172 Å². The minimum Gasteiger partial charge on any atom is -0.359 e. The van der Waals surface area contributed by atoms with Gasteiger partial charge in [0.05, 0.1) is 5.41 Å². The summed E-state index contributed by atoms with van der Waals surface area (Å²) in [6.07, 6.45) is 11.7. The highest BCUT2D eigenvalue weighted by Crippen LogP contribution is 2.66. The first-order valence-electron chi connectivity index (χ1n) is 16.7. The van der Waals surface area contributed by atoms with Crippen molar-refractivity contribution < 1.29 is 0 Å². The molecule has 1 aliphatic heterocycles. The van der Waals surface area contributed by atoms with Crippen LogP contribution in [0.15, 0.2) is 161 Å². The van der Waals surface area contributed by atoms with Gasteiger partial charge in [-0.25, -0.2) is 0 Å². The maximum Gasteiger partial charge on any atom is 0.0548 e. The summed E-state index contributed by atoms with van der Waals surface area (Å²) < 4.78 is 2.69. The van der Waals surface area contributed by atoms with E-state index in [1.807, 2.05) is 23.1 Å². The molecule has 1 spiro atoms. The molecule has 3 heteroatoms. The van der Waals surface area contributed by atoms with E-state index >= 15 is 0 Å². The van der Waals surface area contributed by atoms with E-state index in [9.17, 15) is 0 Å². The summed E-state index contributed by atoms with van der Waals surface area (Å²) in [5, 5.41) is 6.57. The Hall–Kier alpha value is -4.57. The zero-order valence-corrected chi connectivity index (χ0v) is 27.8. The lowest BCUT2D eigenvalue weighted by Crippen LogP contribution is -2.41. The lowest BCUT2D eigenvalue weighted by Gasteiger charge is -2.48. The maximum atomic E-state index is 3.86. The number of allylic oxidation sites excluding steroid dienone is 8. The summed E-state index contributed by atoms with van der Waals surface area (Å²) in [5.41, 5.74) is 12.2. The lowest BCUT2D eigenvalue weighted by molar-refractivity contribution is 0.427. The third-order valence-electron chi connectivity index (χ3n) is 10.8. The van der Waals surface area contributed by atoms with Crippen molar-refractivity contribution in [3.8, 4) is 11.1 Å². The number of rotatable bonds is 3. The van der Waals surface area contributed by atoms with Gasteiger partial charge in [0.25, 0.3) is 0 Å². The van der Waals surface area contributed by atoms with E-state index in [1.54, 1.807) is 5.57 Å². The minimum atomic E-state index is -0.197. The van der Waals surface area contributed by atoms with Crippen LogP contribution in [-0.2, 0) is 5.41 Å². The summed E-state index contributed by atoms with van der Waals surface area (Å²) in [7, 11) is 0. The van der Waals surface area contributed by atoms with Crippen LogP contribution in [0.1, 0.15) is 36.5 Å². The molecule has 0 saturated carbocycles. The molecule has 4 aliphatic rings. The van der Waals surface area contributed by atoms with Gasteiger partial charge < -0.3 is 5.32 Å². The van der Waals surface area contributed by atoms with Gasteiger partial charge in [-0.05, 0) is 99.0 Å². The van der Waals surface area contributed by atoms with E-state index in [1.165, 1.54) is 69.1 Å². The van der Waals surface area contributed by atoms with Gasteiger partial charge in [0.1, 0.15) is 0 Å². The van der Waals surface area contributed by atoms with Gasteiger partial charge in [0.15, 0.2) is 0 Å². The Balaban J connectivity index is 1.03.